The van der Waals surface area contributed by atoms with E-state index in [9.17, 15) is 4.79 Å². The van der Waals surface area contributed by atoms with Gasteiger partial charge in [-0.3, -0.25) is 4.79 Å². The van der Waals surface area contributed by atoms with Gasteiger partial charge in [0, 0.05) is 55.6 Å². The number of anilines is 1. The molecule has 46 heavy (non-hydrogen) atoms. The first-order chi connectivity index (χ1) is 22.7. The Bertz CT molecular complexity index is 2370. The van der Waals surface area contributed by atoms with Crippen LogP contribution in [-0.4, -0.2) is 13.1 Å². The van der Waals surface area contributed by atoms with Gasteiger partial charge >= 0.3 is 0 Å². The molecular formula is C42H31NO2S. The van der Waals surface area contributed by atoms with E-state index in [2.05, 4.69) is 114 Å². The standard InChI is InChI=1S/C42H31NO2S/c44-41-36-9-3-4-10-39(36)46-40-22-14-30(27-37(40)41)28-11-15-31(16-12-28)42(32-17-19-33(20-18-32)43-25-5-6-26-43)24-23-35-34-8-2-1-7-29(34)13-21-38(35)45-42/h1-4,7-24,27H,5-6,25-26H2. The van der Waals surface area contributed by atoms with E-state index in [1.54, 1.807) is 11.3 Å². The summed E-state index contributed by atoms with van der Waals surface area (Å²) in [6.45, 7) is 2.23. The molecular weight excluding hydrogens is 583 g/mol. The smallest absolute Gasteiger partial charge is 0.195 e. The van der Waals surface area contributed by atoms with Crippen molar-refractivity contribution in [3.63, 3.8) is 0 Å². The molecule has 0 spiro atoms. The third kappa shape index (κ3) is 4.36. The van der Waals surface area contributed by atoms with Gasteiger partial charge in [0.1, 0.15) is 5.75 Å². The molecule has 2 aliphatic rings. The number of fused-ring (bicyclic) bond motifs is 5. The van der Waals surface area contributed by atoms with Crippen molar-refractivity contribution in [2.24, 2.45) is 0 Å². The quantitative estimate of drug-likeness (QED) is 0.185. The molecule has 0 aliphatic carbocycles. The lowest BCUT2D eigenvalue weighted by atomic mass is 9.82. The van der Waals surface area contributed by atoms with E-state index < -0.39 is 5.60 Å². The number of rotatable bonds is 4. The Balaban J connectivity index is 1.14. The first kappa shape index (κ1) is 27.1. The van der Waals surface area contributed by atoms with Crippen LogP contribution in [0, 0.1) is 0 Å². The van der Waals surface area contributed by atoms with Crippen LogP contribution in [0.25, 0.3) is 48.1 Å². The van der Waals surface area contributed by atoms with E-state index in [4.69, 9.17) is 4.74 Å². The third-order valence-corrected chi connectivity index (χ3v) is 10.8. The summed E-state index contributed by atoms with van der Waals surface area (Å²) in [5, 5.41) is 3.93. The molecule has 1 saturated heterocycles. The average molecular weight is 614 g/mol. The number of nitrogens with zero attached hydrogens (tertiary/aromatic N) is 1. The summed E-state index contributed by atoms with van der Waals surface area (Å²) in [7, 11) is 0. The summed E-state index contributed by atoms with van der Waals surface area (Å²) >= 11 is 1.66. The summed E-state index contributed by atoms with van der Waals surface area (Å²) in [6, 6.07) is 44.4. The van der Waals surface area contributed by atoms with Gasteiger partial charge in [0.15, 0.2) is 11.0 Å². The SMILES string of the molecule is O=c1c2ccccc2sc2ccc(-c3ccc(C4(c5ccc(N6CCCC6)cc5)C=Cc5c(ccc6ccccc56)O4)cc3)cc12. The molecule has 9 rings (SSSR count). The minimum Gasteiger partial charge on any atom is -0.473 e. The fraction of sp³-hybridized carbons (Fsp3) is 0.119. The monoisotopic (exact) mass is 613 g/mol. The summed E-state index contributed by atoms with van der Waals surface area (Å²) in [4.78, 5) is 15.9. The van der Waals surface area contributed by atoms with E-state index in [0.29, 0.717) is 0 Å². The van der Waals surface area contributed by atoms with Crippen molar-refractivity contribution >= 4 is 54.0 Å². The lowest BCUT2D eigenvalue weighted by Crippen LogP contribution is -2.34. The van der Waals surface area contributed by atoms with Crippen LogP contribution in [-0.2, 0) is 5.60 Å². The third-order valence-electron chi connectivity index (χ3n) is 9.68. The zero-order chi connectivity index (χ0) is 30.7. The zero-order valence-electron chi connectivity index (χ0n) is 25.3. The molecule has 0 radical (unpaired) electrons. The molecule has 4 heteroatoms. The summed E-state index contributed by atoms with van der Waals surface area (Å²) in [5.74, 6) is 0.875. The molecule has 1 aromatic heterocycles. The van der Waals surface area contributed by atoms with Gasteiger partial charge in [-0.25, -0.2) is 0 Å². The molecule has 1 atom stereocenters. The minimum absolute atomic E-state index is 0.0890. The molecule has 7 aromatic rings. The van der Waals surface area contributed by atoms with Crippen LogP contribution >= 0.6 is 11.3 Å². The maximum atomic E-state index is 13.4. The average Bonchev–Trinajstić information content (AvgIpc) is 3.67. The van der Waals surface area contributed by atoms with Crippen molar-refractivity contribution in [2.75, 3.05) is 18.0 Å². The lowest BCUT2D eigenvalue weighted by molar-refractivity contribution is 0.161. The Kier molecular flexibility index (Phi) is 6.32. The van der Waals surface area contributed by atoms with Gasteiger partial charge in [-0.05, 0) is 89.4 Å². The van der Waals surface area contributed by atoms with E-state index in [1.807, 2.05) is 30.3 Å². The van der Waals surface area contributed by atoms with Crippen LogP contribution in [0.15, 0.2) is 138 Å². The second-order valence-corrected chi connectivity index (χ2v) is 13.4. The first-order valence-corrected chi connectivity index (χ1v) is 16.8. The number of hydrogen-bond acceptors (Lipinski definition) is 4. The predicted molar refractivity (Wildman–Crippen MR) is 193 cm³/mol. The normalized spacial score (nSPS) is 17.4. The Morgan fingerprint density at radius 2 is 1.30 bits per heavy atom. The van der Waals surface area contributed by atoms with Gasteiger partial charge < -0.3 is 9.64 Å². The van der Waals surface area contributed by atoms with Crippen molar-refractivity contribution in [3.8, 4) is 16.9 Å². The molecule has 3 nitrogen and oxygen atoms in total. The minimum atomic E-state index is -0.788. The zero-order valence-corrected chi connectivity index (χ0v) is 26.1. The maximum Gasteiger partial charge on any atom is 0.195 e. The van der Waals surface area contributed by atoms with Gasteiger partial charge in [-0.1, -0.05) is 84.9 Å². The van der Waals surface area contributed by atoms with Crippen LogP contribution in [0.5, 0.6) is 5.75 Å². The van der Waals surface area contributed by atoms with Crippen LogP contribution < -0.4 is 15.1 Å². The molecule has 3 heterocycles. The fourth-order valence-electron chi connectivity index (χ4n) is 7.21. The molecule has 1 fully saturated rings. The van der Waals surface area contributed by atoms with Crippen molar-refractivity contribution in [2.45, 2.75) is 18.4 Å². The Morgan fingerprint density at radius 1 is 0.630 bits per heavy atom. The highest BCUT2D eigenvalue weighted by Gasteiger charge is 2.37. The van der Waals surface area contributed by atoms with Crippen molar-refractivity contribution in [1.29, 1.82) is 0 Å². The van der Waals surface area contributed by atoms with Gasteiger partial charge in [0.05, 0.1) is 0 Å². The van der Waals surface area contributed by atoms with Crippen molar-refractivity contribution in [1.82, 2.24) is 0 Å². The Hall–Kier alpha value is -5.19. The second-order valence-electron chi connectivity index (χ2n) is 12.3. The molecule has 0 N–H and O–H groups in total. The molecule has 2 aliphatic heterocycles. The highest BCUT2D eigenvalue weighted by atomic mass is 32.1. The molecule has 0 bridgehead atoms. The van der Waals surface area contributed by atoms with Crippen LogP contribution in [0.3, 0.4) is 0 Å². The molecule has 0 amide bonds. The van der Waals surface area contributed by atoms with Crippen LogP contribution in [0.2, 0.25) is 0 Å². The van der Waals surface area contributed by atoms with Gasteiger partial charge in [0.2, 0.25) is 0 Å². The Labute approximate surface area is 271 Å². The van der Waals surface area contributed by atoms with Crippen LogP contribution in [0.4, 0.5) is 5.69 Å². The highest BCUT2D eigenvalue weighted by Crippen LogP contribution is 2.45. The summed E-state index contributed by atoms with van der Waals surface area (Å²) in [6.07, 6.45) is 6.94. The first-order valence-electron chi connectivity index (χ1n) is 16.0. The lowest BCUT2D eigenvalue weighted by Gasteiger charge is -2.36. The summed E-state index contributed by atoms with van der Waals surface area (Å²) < 4.78 is 9.11. The van der Waals surface area contributed by atoms with E-state index in [1.165, 1.54) is 29.3 Å². The molecule has 0 saturated carbocycles. The second kappa shape index (κ2) is 10.7. The Morgan fingerprint density at radius 3 is 2.11 bits per heavy atom. The molecule has 1 unspecified atom stereocenters. The summed E-state index contributed by atoms with van der Waals surface area (Å²) in [5.41, 5.74) is 5.91. The van der Waals surface area contributed by atoms with Gasteiger partial charge in [0.25, 0.3) is 0 Å². The fourth-order valence-corrected chi connectivity index (χ4v) is 8.26. The molecule has 6 aromatic carbocycles. The maximum absolute atomic E-state index is 13.4. The largest absolute Gasteiger partial charge is 0.473 e. The number of hydrogen-bond donors (Lipinski definition) is 0. The van der Waals surface area contributed by atoms with E-state index in [0.717, 1.165) is 66.8 Å². The molecule has 222 valence electrons. The van der Waals surface area contributed by atoms with Crippen molar-refractivity contribution in [3.05, 3.63) is 160 Å². The van der Waals surface area contributed by atoms with Crippen molar-refractivity contribution < 1.29 is 4.74 Å². The van der Waals surface area contributed by atoms with Gasteiger partial charge in [-0.15, -0.1) is 11.3 Å². The predicted octanol–water partition coefficient (Wildman–Crippen LogP) is 10.2. The van der Waals surface area contributed by atoms with Crippen LogP contribution in [0.1, 0.15) is 29.5 Å². The number of ether oxygens (including phenoxy) is 1. The van der Waals surface area contributed by atoms with Gasteiger partial charge in [-0.2, -0.15) is 0 Å². The van der Waals surface area contributed by atoms with E-state index in [-0.39, 0.29) is 5.43 Å². The highest BCUT2D eigenvalue weighted by molar-refractivity contribution is 7.24. The van der Waals surface area contributed by atoms with E-state index >= 15 is 0 Å². The topological polar surface area (TPSA) is 29.5 Å². The number of benzene rings is 6.